The number of rotatable bonds is 6. The lowest BCUT2D eigenvalue weighted by Crippen LogP contribution is -2.39. The second-order valence-corrected chi connectivity index (χ2v) is 6.30. The van der Waals surface area contributed by atoms with Crippen molar-refractivity contribution in [2.24, 2.45) is 5.92 Å². The van der Waals surface area contributed by atoms with Crippen molar-refractivity contribution in [1.82, 2.24) is 0 Å². The molecule has 0 bridgehead atoms. The first-order chi connectivity index (χ1) is 10.7. The number of benzene rings is 1. The molecule has 2 rings (SSSR count). The summed E-state index contributed by atoms with van der Waals surface area (Å²) in [6.45, 7) is 7.56. The zero-order valence-corrected chi connectivity index (χ0v) is 14.3. The van der Waals surface area contributed by atoms with Gasteiger partial charge >= 0.3 is 0 Å². The van der Waals surface area contributed by atoms with E-state index in [2.05, 4.69) is 43.1 Å². The molecule has 1 N–H and O–H groups in total. The topological polar surface area (TPSA) is 32.3 Å². The lowest BCUT2D eigenvalue weighted by atomic mass is 9.99. The van der Waals surface area contributed by atoms with E-state index in [1.54, 1.807) is 0 Å². The molecule has 1 fully saturated rings. The molecular formula is C19H30N2O. The van der Waals surface area contributed by atoms with Crippen LogP contribution in [0.5, 0.6) is 0 Å². The van der Waals surface area contributed by atoms with Crippen molar-refractivity contribution < 1.29 is 4.79 Å². The summed E-state index contributed by atoms with van der Waals surface area (Å²) in [6.07, 6.45) is 6.91. The van der Waals surface area contributed by atoms with Crippen LogP contribution in [-0.4, -0.2) is 18.5 Å². The fourth-order valence-electron chi connectivity index (χ4n) is 3.40. The maximum atomic E-state index is 12.1. The smallest absolute Gasteiger partial charge is 0.227 e. The minimum absolute atomic E-state index is 0.117. The van der Waals surface area contributed by atoms with Crippen LogP contribution >= 0.6 is 0 Å². The van der Waals surface area contributed by atoms with E-state index in [4.69, 9.17) is 0 Å². The van der Waals surface area contributed by atoms with Crippen LogP contribution in [0.3, 0.4) is 0 Å². The summed E-state index contributed by atoms with van der Waals surface area (Å²) >= 11 is 0. The molecule has 1 saturated heterocycles. The molecule has 1 unspecified atom stereocenters. The largest absolute Gasteiger partial charge is 0.369 e. The van der Waals surface area contributed by atoms with Crippen LogP contribution in [0.15, 0.2) is 24.3 Å². The average molecular weight is 302 g/mol. The summed E-state index contributed by atoms with van der Waals surface area (Å²) in [5.74, 6) is 0.258. The zero-order chi connectivity index (χ0) is 15.9. The Morgan fingerprint density at radius 2 is 1.86 bits per heavy atom. The Morgan fingerprint density at radius 3 is 2.45 bits per heavy atom. The minimum atomic E-state index is 0.117. The summed E-state index contributed by atoms with van der Waals surface area (Å²) in [5, 5.41) is 3.04. The highest BCUT2D eigenvalue weighted by atomic mass is 16.1. The lowest BCUT2D eigenvalue weighted by Gasteiger charge is -2.37. The van der Waals surface area contributed by atoms with Gasteiger partial charge in [-0.05, 0) is 62.8 Å². The van der Waals surface area contributed by atoms with Gasteiger partial charge in [0, 0.05) is 29.9 Å². The molecule has 1 amide bonds. The monoisotopic (exact) mass is 302 g/mol. The van der Waals surface area contributed by atoms with Gasteiger partial charge in [-0.3, -0.25) is 4.79 Å². The number of hydrogen-bond acceptors (Lipinski definition) is 2. The molecule has 0 saturated carbocycles. The van der Waals surface area contributed by atoms with E-state index in [1.807, 2.05) is 12.1 Å². The predicted molar refractivity (Wildman–Crippen MR) is 94.4 cm³/mol. The molecule has 3 heteroatoms. The third-order valence-corrected chi connectivity index (χ3v) is 4.92. The Labute approximate surface area is 135 Å². The van der Waals surface area contributed by atoms with E-state index in [-0.39, 0.29) is 11.8 Å². The fraction of sp³-hybridized carbons (Fsp3) is 0.632. The van der Waals surface area contributed by atoms with Gasteiger partial charge in [0.1, 0.15) is 0 Å². The van der Waals surface area contributed by atoms with E-state index in [0.717, 1.165) is 25.1 Å². The second kappa shape index (κ2) is 8.21. The van der Waals surface area contributed by atoms with Gasteiger partial charge in [-0.25, -0.2) is 0 Å². The number of carbonyl (C=O) groups is 1. The Morgan fingerprint density at radius 1 is 1.18 bits per heavy atom. The summed E-state index contributed by atoms with van der Waals surface area (Å²) in [4.78, 5) is 14.7. The van der Waals surface area contributed by atoms with Crippen molar-refractivity contribution in [2.75, 3.05) is 16.8 Å². The Hall–Kier alpha value is -1.51. The van der Waals surface area contributed by atoms with Crippen LogP contribution in [0.2, 0.25) is 0 Å². The third kappa shape index (κ3) is 4.02. The first-order valence-corrected chi connectivity index (χ1v) is 8.87. The van der Waals surface area contributed by atoms with Crippen molar-refractivity contribution in [3.63, 3.8) is 0 Å². The Balaban J connectivity index is 2.02. The molecule has 1 aromatic carbocycles. The molecule has 1 aliphatic heterocycles. The van der Waals surface area contributed by atoms with E-state index in [0.29, 0.717) is 6.04 Å². The van der Waals surface area contributed by atoms with Crippen LogP contribution < -0.4 is 10.2 Å². The van der Waals surface area contributed by atoms with Gasteiger partial charge in [0.05, 0.1) is 0 Å². The number of hydrogen-bond donors (Lipinski definition) is 1. The van der Waals surface area contributed by atoms with E-state index < -0.39 is 0 Å². The molecule has 0 radical (unpaired) electrons. The van der Waals surface area contributed by atoms with Crippen LogP contribution in [0.4, 0.5) is 11.4 Å². The number of carbonyl (C=O) groups excluding carboxylic acids is 1. The van der Waals surface area contributed by atoms with Gasteiger partial charge in [0.15, 0.2) is 0 Å². The number of nitrogens with zero attached hydrogens (tertiary/aromatic N) is 1. The molecular weight excluding hydrogens is 272 g/mol. The summed E-state index contributed by atoms with van der Waals surface area (Å²) in [6, 6.07) is 9.04. The molecule has 1 aliphatic rings. The normalized spacial score (nSPS) is 18.5. The van der Waals surface area contributed by atoms with Crippen molar-refractivity contribution in [3.8, 4) is 0 Å². The zero-order valence-electron chi connectivity index (χ0n) is 14.3. The summed E-state index contributed by atoms with van der Waals surface area (Å²) in [7, 11) is 0. The highest BCUT2D eigenvalue weighted by Gasteiger charge is 2.21. The predicted octanol–water partition coefficient (Wildman–Crippen LogP) is 4.83. The van der Waals surface area contributed by atoms with E-state index in [9.17, 15) is 4.79 Å². The maximum absolute atomic E-state index is 12.1. The van der Waals surface area contributed by atoms with Crippen LogP contribution in [0, 0.1) is 5.92 Å². The SMILES string of the molecule is CCC(CC)C(=O)Nc1ccc(N2CCCCC2CC)cc1. The van der Waals surface area contributed by atoms with Crippen molar-refractivity contribution >= 4 is 17.3 Å². The molecule has 0 aliphatic carbocycles. The van der Waals surface area contributed by atoms with E-state index >= 15 is 0 Å². The van der Waals surface area contributed by atoms with Crippen molar-refractivity contribution in [3.05, 3.63) is 24.3 Å². The van der Waals surface area contributed by atoms with Crippen LogP contribution in [0.25, 0.3) is 0 Å². The molecule has 1 heterocycles. The van der Waals surface area contributed by atoms with Gasteiger partial charge < -0.3 is 10.2 Å². The molecule has 1 atom stereocenters. The summed E-state index contributed by atoms with van der Waals surface area (Å²) < 4.78 is 0. The maximum Gasteiger partial charge on any atom is 0.227 e. The fourth-order valence-corrected chi connectivity index (χ4v) is 3.40. The quantitative estimate of drug-likeness (QED) is 0.816. The highest BCUT2D eigenvalue weighted by molar-refractivity contribution is 5.92. The summed E-state index contributed by atoms with van der Waals surface area (Å²) in [5.41, 5.74) is 2.19. The molecule has 122 valence electrons. The molecule has 3 nitrogen and oxygen atoms in total. The number of piperidine rings is 1. The first-order valence-electron chi connectivity index (χ1n) is 8.87. The van der Waals surface area contributed by atoms with Crippen LogP contribution in [-0.2, 0) is 4.79 Å². The number of amides is 1. The van der Waals surface area contributed by atoms with Gasteiger partial charge in [-0.1, -0.05) is 20.8 Å². The standard InChI is InChI=1S/C19H30N2O/c1-4-15(5-2)19(22)20-16-10-12-18(13-11-16)21-14-8-7-9-17(21)6-3/h10-13,15,17H,4-9,14H2,1-3H3,(H,20,22). The molecule has 0 spiro atoms. The van der Waals surface area contributed by atoms with Crippen molar-refractivity contribution in [1.29, 1.82) is 0 Å². The molecule has 0 aromatic heterocycles. The Bertz CT molecular complexity index is 465. The van der Waals surface area contributed by atoms with Gasteiger partial charge in [-0.15, -0.1) is 0 Å². The van der Waals surface area contributed by atoms with Gasteiger partial charge in [0.25, 0.3) is 0 Å². The number of nitrogens with one attached hydrogen (secondary N) is 1. The average Bonchev–Trinajstić information content (AvgIpc) is 2.56. The van der Waals surface area contributed by atoms with Crippen molar-refractivity contribution in [2.45, 2.75) is 65.3 Å². The highest BCUT2D eigenvalue weighted by Crippen LogP contribution is 2.27. The minimum Gasteiger partial charge on any atom is -0.369 e. The first kappa shape index (κ1) is 16.9. The molecule has 1 aromatic rings. The van der Waals surface area contributed by atoms with E-state index in [1.165, 1.54) is 31.4 Å². The van der Waals surface area contributed by atoms with Gasteiger partial charge in [0.2, 0.25) is 5.91 Å². The second-order valence-electron chi connectivity index (χ2n) is 6.30. The van der Waals surface area contributed by atoms with Gasteiger partial charge in [-0.2, -0.15) is 0 Å². The number of anilines is 2. The Kier molecular flexibility index (Phi) is 6.29. The lowest BCUT2D eigenvalue weighted by molar-refractivity contribution is -0.120. The van der Waals surface area contributed by atoms with Crippen LogP contribution in [0.1, 0.15) is 59.3 Å². The third-order valence-electron chi connectivity index (χ3n) is 4.92. The molecule has 22 heavy (non-hydrogen) atoms.